The van der Waals surface area contributed by atoms with Gasteiger partial charge in [0.1, 0.15) is 11.9 Å². The first-order valence-electron chi connectivity index (χ1n) is 10.4. The normalized spacial score (nSPS) is 15.0. The molecule has 2 heterocycles. The van der Waals surface area contributed by atoms with E-state index in [1.807, 2.05) is 42.6 Å². The molecule has 0 saturated carbocycles. The number of aliphatic imine (C=N–C) groups is 1. The lowest BCUT2D eigenvalue weighted by molar-refractivity contribution is 0.129. The number of hydrogen-bond donors (Lipinski definition) is 1. The van der Waals surface area contributed by atoms with Gasteiger partial charge in [0, 0.05) is 44.1 Å². The molecule has 0 atom stereocenters. The highest BCUT2D eigenvalue weighted by molar-refractivity contribution is 14.0. The lowest BCUT2D eigenvalue weighted by Gasteiger charge is -2.34. The number of hydrogen-bond acceptors (Lipinski definition) is 3. The van der Waals surface area contributed by atoms with Crippen LogP contribution in [0.2, 0.25) is 0 Å². The summed E-state index contributed by atoms with van der Waals surface area (Å²) in [6.45, 7) is 5.40. The number of nitrogens with zero attached hydrogens (tertiary/aromatic N) is 3. The molecule has 158 valence electrons. The molecule has 0 aliphatic carbocycles. The van der Waals surface area contributed by atoms with Crippen molar-refractivity contribution in [2.75, 3.05) is 19.6 Å². The van der Waals surface area contributed by atoms with Crippen molar-refractivity contribution in [3.05, 3.63) is 72.6 Å². The van der Waals surface area contributed by atoms with Crippen LogP contribution in [0.3, 0.4) is 0 Å². The average Bonchev–Trinajstić information content (AvgIpc) is 2.78. The summed E-state index contributed by atoms with van der Waals surface area (Å²) in [5, 5.41) is 5.82. The van der Waals surface area contributed by atoms with Crippen LogP contribution < -0.4 is 10.1 Å². The van der Waals surface area contributed by atoms with Gasteiger partial charge in [-0.25, -0.2) is 4.99 Å². The SMILES string of the molecule is CCNC(=NCc1nccc2ccccc12)N1CCC(Oc2ccccc2)CC1.I. The summed E-state index contributed by atoms with van der Waals surface area (Å²) in [5.74, 6) is 1.91. The summed E-state index contributed by atoms with van der Waals surface area (Å²) >= 11 is 0. The second-order valence-electron chi connectivity index (χ2n) is 7.27. The minimum absolute atomic E-state index is 0. The number of para-hydroxylation sites is 1. The first-order chi connectivity index (χ1) is 14.3. The third-order valence-corrected chi connectivity index (χ3v) is 5.26. The van der Waals surface area contributed by atoms with Gasteiger partial charge in [-0.05, 0) is 30.5 Å². The smallest absolute Gasteiger partial charge is 0.194 e. The highest BCUT2D eigenvalue weighted by atomic mass is 127. The number of rotatable bonds is 5. The van der Waals surface area contributed by atoms with Gasteiger partial charge in [-0.1, -0.05) is 42.5 Å². The highest BCUT2D eigenvalue weighted by Gasteiger charge is 2.22. The molecule has 1 N–H and O–H groups in total. The van der Waals surface area contributed by atoms with Crippen LogP contribution in [-0.2, 0) is 6.54 Å². The van der Waals surface area contributed by atoms with E-state index in [0.29, 0.717) is 6.54 Å². The summed E-state index contributed by atoms with van der Waals surface area (Å²) in [6, 6.07) is 20.5. The minimum atomic E-state index is 0. The third kappa shape index (κ3) is 5.62. The third-order valence-electron chi connectivity index (χ3n) is 5.26. The Balaban J connectivity index is 0.00000256. The van der Waals surface area contributed by atoms with Gasteiger partial charge in [-0.2, -0.15) is 0 Å². The van der Waals surface area contributed by atoms with Crippen molar-refractivity contribution < 1.29 is 4.74 Å². The van der Waals surface area contributed by atoms with Crippen molar-refractivity contribution >= 4 is 40.7 Å². The number of aromatic nitrogens is 1. The molecule has 2 aromatic carbocycles. The molecular weight excluding hydrogens is 487 g/mol. The van der Waals surface area contributed by atoms with Crippen molar-refractivity contribution in [2.45, 2.75) is 32.4 Å². The lowest BCUT2D eigenvalue weighted by Crippen LogP contribution is -2.47. The largest absolute Gasteiger partial charge is 0.490 e. The van der Waals surface area contributed by atoms with Crippen LogP contribution in [0.1, 0.15) is 25.5 Å². The molecule has 0 radical (unpaired) electrons. The summed E-state index contributed by atoms with van der Waals surface area (Å²) in [6.07, 6.45) is 4.11. The quantitative estimate of drug-likeness (QED) is 0.299. The molecule has 6 heteroatoms. The molecule has 4 rings (SSSR count). The Morgan fingerprint density at radius 3 is 2.57 bits per heavy atom. The van der Waals surface area contributed by atoms with E-state index >= 15 is 0 Å². The van der Waals surface area contributed by atoms with E-state index < -0.39 is 0 Å². The van der Waals surface area contributed by atoms with Gasteiger partial charge < -0.3 is 15.0 Å². The van der Waals surface area contributed by atoms with Crippen LogP contribution in [0, 0.1) is 0 Å². The van der Waals surface area contributed by atoms with Crippen LogP contribution in [0.4, 0.5) is 0 Å². The second-order valence-corrected chi connectivity index (χ2v) is 7.27. The standard InChI is InChI=1S/C24H28N4O.HI/c1-2-25-24(27-18-23-22-11-7-6-8-19(22)12-15-26-23)28-16-13-21(14-17-28)29-20-9-4-3-5-10-20;/h3-12,15,21H,2,13-14,16-18H2,1H3,(H,25,27);1H. The Bertz CT molecular complexity index is 950. The Kier molecular flexibility index (Phi) is 8.30. The molecular formula is C24H29IN4O. The van der Waals surface area contributed by atoms with Crippen molar-refractivity contribution in [3.63, 3.8) is 0 Å². The molecule has 1 saturated heterocycles. The maximum Gasteiger partial charge on any atom is 0.194 e. The van der Waals surface area contributed by atoms with Gasteiger partial charge >= 0.3 is 0 Å². The number of piperidine rings is 1. The number of guanidine groups is 1. The fraction of sp³-hybridized carbons (Fsp3) is 0.333. The minimum Gasteiger partial charge on any atom is -0.490 e. The maximum absolute atomic E-state index is 6.12. The van der Waals surface area contributed by atoms with Crippen molar-refractivity contribution in [2.24, 2.45) is 4.99 Å². The number of halogens is 1. The zero-order valence-corrected chi connectivity index (χ0v) is 19.7. The van der Waals surface area contributed by atoms with Gasteiger partial charge in [0.2, 0.25) is 0 Å². The second kappa shape index (κ2) is 11.2. The van der Waals surface area contributed by atoms with Gasteiger partial charge in [0.15, 0.2) is 5.96 Å². The van der Waals surface area contributed by atoms with Gasteiger partial charge in [-0.3, -0.25) is 4.98 Å². The number of nitrogens with one attached hydrogen (secondary N) is 1. The van der Waals surface area contributed by atoms with Gasteiger partial charge in [0.05, 0.1) is 12.2 Å². The zero-order valence-electron chi connectivity index (χ0n) is 17.3. The van der Waals surface area contributed by atoms with E-state index in [4.69, 9.17) is 9.73 Å². The zero-order chi connectivity index (χ0) is 19.9. The van der Waals surface area contributed by atoms with Gasteiger partial charge in [-0.15, -0.1) is 24.0 Å². The number of fused-ring (bicyclic) bond motifs is 1. The van der Waals surface area contributed by atoms with E-state index in [0.717, 1.165) is 49.9 Å². The Morgan fingerprint density at radius 2 is 1.80 bits per heavy atom. The molecule has 3 aromatic rings. The summed E-state index contributed by atoms with van der Waals surface area (Å²) in [5.41, 5.74) is 1.01. The van der Waals surface area contributed by atoms with E-state index in [-0.39, 0.29) is 30.1 Å². The predicted molar refractivity (Wildman–Crippen MR) is 134 cm³/mol. The van der Waals surface area contributed by atoms with Crippen LogP contribution in [-0.4, -0.2) is 41.6 Å². The van der Waals surface area contributed by atoms with E-state index in [2.05, 4.69) is 46.4 Å². The predicted octanol–water partition coefficient (Wildman–Crippen LogP) is 4.86. The Hall–Kier alpha value is -2.35. The molecule has 0 spiro atoms. The number of ether oxygens (including phenoxy) is 1. The molecule has 0 unspecified atom stereocenters. The van der Waals surface area contributed by atoms with Gasteiger partial charge in [0.25, 0.3) is 0 Å². The summed E-state index contributed by atoms with van der Waals surface area (Å²) in [4.78, 5) is 11.8. The van der Waals surface area contributed by atoms with Crippen LogP contribution in [0.25, 0.3) is 10.8 Å². The Labute approximate surface area is 195 Å². The Morgan fingerprint density at radius 1 is 1.07 bits per heavy atom. The first-order valence-corrected chi connectivity index (χ1v) is 10.4. The molecule has 0 amide bonds. The maximum atomic E-state index is 6.12. The van der Waals surface area contributed by atoms with Crippen molar-refractivity contribution in [3.8, 4) is 5.75 Å². The number of likely N-dealkylation sites (tertiary alicyclic amines) is 1. The first kappa shape index (κ1) is 22.3. The highest BCUT2D eigenvalue weighted by Crippen LogP contribution is 2.20. The molecule has 1 fully saturated rings. The topological polar surface area (TPSA) is 49.8 Å². The van der Waals surface area contributed by atoms with Crippen LogP contribution >= 0.6 is 24.0 Å². The molecule has 1 aromatic heterocycles. The number of benzene rings is 2. The fourth-order valence-electron chi connectivity index (χ4n) is 3.76. The molecule has 5 nitrogen and oxygen atoms in total. The number of pyridine rings is 1. The molecule has 1 aliphatic rings. The monoisotopic (exact) mass is 516 g/mol. The van der Waals surface area contributed by atoms with Crippen molar-refractivity contribution in [1.29, 1.82) is 0 Å². The van der Waals surface area contributed by atoms with E-state index in [1.54, 1.807) is 0 Å². The summed E-state index contributed by atoms with van der Waals surface area (Å²) in [7, 11) is 0. The van der Waals surface area contributed by atoms with E-state index in [9.17, 15) is 0 Å². The average molecular weight is 516 g/mol. The fourth-order valence-corrected chi connectivity index (χ4v) is 3.76. The molecule has 0 bridgehead atoms. The lowest BCUT2D eigenvalue weighted by atomic mass is 10.1. The van der Waals surface area contributed by atoms with Crippen LogP contribution in [0.5, 0.6) is 5.75 Å². The molecule has 1 aliphatic heterocycles. The van der Waals surface area contributed by atoms with E-state index in [1.165, 1.54) is 10.8 Å². The van der Waals surface area contributed by atoms with Crippen LogP contribution in [0.15, 0.2) is 71.9 Å². The van der Waals surface area contributed by atoms with Crippen molar-refractivity contribution in [1.82, 2.24) is 15.2 Å². The summed E-state index contributed by atoms with van der Waals surface area (Å²) < 4.78 is 6.12. The molecule has 30 heavy (non-hydrogen) atoms.